The maximum atomic E-state index is 5.94. The summed E-state index contributed by atoms with van der Waals surface area (Å²) in [6, 6.07) is 24.1. The Morgan fingerprint density at radius 1 is 0.846 bits per heavy atom. The lowest BCUT2D eigenvalue weighted by Gasteiger charge is -2.42. The summed E-state index contributed by atoms with van der Waals surface area (Å²) in [5.41, 5.74) is 4.80. The molecule has 5 rings (SSSR count). The number of fused-ring (bicyclic) bond motifs is 1. The second-order valence-electron chi connectivity index (χ2n) is 6.46. The van der Waals surface area contributed by atoms with Gasteiger partial charge in [0, 0.05) is 16.7 Å². The minimum atomic E-state index is -0.870. The van der Waals surface area contributed by atoms with Crippen molar-refractivity contribution in [2.75, 3.05) is 6.79 Å². The van der Waals surface area contributed by atoms with Crippen molar-refractivity contribution in [1.82, 2.24) is 5.16 Å². The molecule has 0 aliphatic carbocycles. The van der Waals surface area contributed by atoms with Crippen LogP contribution in [0.1, 0.15) is 16.7 Å². The fourth-order valence-corrected chi connectivity index (χ4v) is 3.54. The predicted octanol–water partition coefficient (Wildman–Crippen LogP) is 5.01. The second-order valence-corrected chi connectivity index (χ2v) is 6.46. The van der Waals surface area contributed by atoms with Gasteiger partial charge in [0.25, 0.3) is 0 Å². The van der Waals surface area contributed by atoms with E-state index in [9.17, 15) is 0 Å². The maximum absolute atomic E-state index is 5.94. The minimum Gasteiger partial charge on any atom is -0.355 e. The second kappa shape index (κ2) is 5.80. The van der Waals surface area contributed by atoms with E-state index in [1.807, 2.05) is 67.6 Å². The van der Waals surface area contributed by atoms with Crippen molar-refractivity contribution in [1.29, 1.82) is 0 Å². The molecule has 4 aromatic rings. The van der Waals surface area contributed by atoms with E-state index < -0.39 is 5.79 Å². The normalized spacial score (nSPS) is 15.7. The van der Waals surface area contributed by atoms with Gasteiger partial charge in [0.15, 0.2) is 12.6 Å². The monoisotopic (exact) mass is 343 g/mol. The standard InChI is InChI=1S/C22H17NO3/c1-15-12-18(22(24-14-25-22)17-10-6-3-7-11-17)13-19-20(15)23-26-21(19)16-8-4-2-5-9-16/h2-13H,14H2,1H3. The van der Waals surface area contributed by atoms with Gasteiger partial charge < -0.3 is 14.0 Å². The Balaban J connectivity index is 1.72. The van der Waals surface area contributed by atoms with Gasteiger partial charge in [0.1, 0.15) is 5.52 Å². The molecule has 1 aliphatic rings. The lowest BCUT2D eigenvalue weighted by Crippen LogP contribution is -2.45. The molecule has 1 saturated heterocycles. The van der Waals surface area contributed by atoms with Gasteiger partial charge in [-0.05, 0) is 24.6 Å². The van der Waals surface area contributed by atoms with E-state index in [1.54, 1.807) is 0 Å². The van der Waals surface area contributed by atoms with Crippen LogP contribution >= 0.6 is 0 Å². The molecule has 4 heteroatoms. The molecule has 2 heterocycles. The van der Waals surface area contributed by atoms with Gasteiger partial charge in [-0.2, -0.15) is 0 Å². The zero-order valence-electron chi connectivity index (χ0n) is 14.3. The van der Waals surface area contributed by atoms with Crippen LogP contribution in [0, 0.1) is 6.92 Å². The van der Waals surface area contributed by atoms with E-state index in [0.29, 0.717) is 0 Å². The topological polar surface area (TPSA) is 44.5 Å². The van der Waals surface area contributed by atoms with Gasteiger partial charge in [0.2, 0.25) is 5.79 Å². The summed E-state index contributed by atoms with van der Waals surface area (Å²) < 4.78 is 17.6. The van der Waals surface area contributed by atoms with Crippen molar-refractivity contribution >= 4 is 10.9 Å². The van der Waals surface area contributed by atoms with E-state index in [0.717, 1.165) is 38.9 Å². The van der Waals surface area contributed by atoms with Crippen LogP contribution in [0.4, 0.5) is 0 Å². The Hall–Kier alpha value is -2.95. The Morgan fingerprint density at radius 3 is 2.19 bits per heavy atom. The molecule has 0 atom stereocenters. The molecule has 1 aliphatic heterocycles. The van der Waals surface area contributed by atoms with Gasteiger partial charge in [-0.25, -0.2) is 0 Å². The van der Waals surface area contributed by atoms with Crippen molar-refractivity contribution < 1.29 is 14.0 Å². The molecule has 0 amide bonds. The maximum Gasteiger partial charge on any atom is 0.226 e. The molecule has 1 fully saturated rings. The summed E-state index contributed by atoms with van der Waals surface area (Å²) >= 11 is 0. The first-order chi connectivity index (χ1) is 12.8. The predicted molar refractivity (Wildman–Crippen MR) is 98.4 cm³/mol. The summed E-state index contributed by atoms with van der Waals surface area (Å²) in [5, 5.41) is 5.24. The molecule has 0 bridgehead atoms. The third-order valence-electron chi connectivity index (χ3n) is 4.87. The Labute approximate surface area is 151 Å². The highest BCUT2D eigenvalue weighted by molar-refractivity contribution is 5.94. The quantitative estimate of drug-likeness (QED) is 0.524. The first-order valence-electron chi connectivity index (χ1n) is 8.57. The van der Waals surface area contributed by atoms with Crippen molar-refractivity contribution in [3.05, 3.63) is 89.5 Å². The molecular formula is C22H17NO3. The number of nitrogens with zero attached hydrogens (tertiary/aromatic N) is 1. The van der Waals surface area contributed by atoms with Crippen LogP contribution in [0.3, 0.4) is 0 Å². The van der Waals surface area contributed by atoms with Crippen molar-refractivity contribution in [3.63, 3.8) is 0 Å². The number of ether oxygens (including phenoxy) is 2. The summed E-state index contributed by atoms with van der Waals surface area (Å²) in [6.45, 7) is 2.31. The molecule has 0 unspecified atom stereocenters. The molecule has 0 N–H and O–H groups in total. The van der Waals surface area contributed by atoms with E-state index in [2.05, 4.69) is 17.3 Å². The van der Waals surface area contributed by atoms with Gasteiger partial charge in [-0.3, -0.25) is 0 Å². The number of benzene rings is 3. The van der Waals surface area contributed by atoms with Crippen LogP contribution in [0.5, 0.6) is 0 Å². The molecule has 0 saturated carbocycles. The lowest BCUT2D eigenvalue weighted by molar-refractivity contribution is -0.386. The highest BCUT2D eigenvalue weighted by Gasteiger charge is 2.44. The fraction of sp³-hybridized carbons (Fsp3) is 0.136. The Morgan fingerprint density at radius 2 is 1.54 bits per heavy atom. The Bertz CT molecular complexity index is 1070. The van der Waals surface area contributed by atoms with E-state index in [4.69, 9.17) is 14.0 Å². The van der Waals surface area contributed by atoms with Crippen LogP contribution in [-0.4, -0.2) is 11.9 Å². The molecule has 1 aromatic heterocycles. The first-order valence-corrected chi connectivity index (χ1v) is 8.57. The summed E-state index contributed by atoms with van der Waals surface area (Å²) in [5.74, 6) is -0.112. The number of rotatable bonds is 3. The first kappa shape index (κ1) is 15.3. The van der Waals surface area contributed by atoms with Crippen LogP contribution in [0.15, 0.2) is 77.3 Å². The molecule has 26 heavy (non-hydrogen) atoms. The van der Waals surface area contributed by atoms with Crippen LogP contribution in [-0.2, 0) is 15.3 Å². The summed E-state index contributed by atoms with van der Waals surface area (Å²) in [4.78, 5) is 0. The zero-order chi connectivity index (χ0) is 17.6. The summed E-state index contributed by atoms with van der Waals surface area (Å²) in [7, 11) is 0. The third-order valence-corrected chi connectivity index (χ3v) is 4.87. The molecule has 0 spiro atoms. The smallest absolute Gasteiger partial charge is 0.226 e. The van der Waals surface area contributed by atoms with Gasteiger partial charge in [0.05, 0.1) is 5.39 Å². The number of aromatic nitrogens is 1. The van der Waals surface area contributed by atoms with Crippen molar-refractivity contribution in [2.24, 2.45) is 0 Å². The van der Waals surface area contributed by atoms with E-state index in [-0.39, 0.29) is 6.79 Å². The molecule has 4 nitrogen and oxygen atoms in total. The third kappa shape index (κ3) is 2.20. The van der Waals surface area contributed by atoms with Crippen molar-refractivity contribution in [3.8, 4) is 11.3 Å². The van der Waals surface area contributed by atoms with Crippen LogP contribution in [0.2, 0.25) is 0 Å². The molecule has 128 valence electrons. The molecular weight excluding hydrogens is 326 g/mol. The number of hydrogen-bond acceptors (Lipinski definition) is 4. The zero-order valence-corrected chi connectivity index (χ0v) is 14.3. The van der Waals surface area contributed by atoms with Gasteiger partial charge in [-0.1, -0.05) is 65.8 Å². The highest BCUT2D eigenvalue weighted by Crippen LogP contribution is 2.43. The SMILES string of the molecule is Cc1cc(C2(c3ccccc3)OCO2)cc2c(-c3ccccc3)onc12. The molecule has 3 aromatic carbocycles. The highest BCUT2D eigenvalue weighted by atomic mass is 16.9. The number of aryl methyl sites for hydroxylation is 1. The fourth-order valence-electron chi connectivity index (χ4n) is 3.54. The summed E-state index contributed by atoms with van der Waals surface area (Å²) in [6.07, 6.45) is 0. The van der Waals surface area contributed by atoms with Crippen LogP contribution in [0.25, 0.3) is 22.2 Å². The van der Waals surface area contributed by atoms with Gasteiger partial charge in [-0.15, -0.1) is 0 Å². The largest absolute Gasteiger partial charge is 0.355 e. The Kier molecular flexibility index (Phi) is 3.42. The lowest BCUT2D eigenvalue weighted by atomic mass is 9.92. The van der Waals surface area contributed by atoms with Crippen LogP contribution < -0.4 is 0 Å². The average Bonchev–Trinajstić information content (AvgIpc) is 3.07. The molecule has 0 radical (unpaired) electrons. The van der Waals surface area contributed by atoms with E-state index in [1.165, 1.54) is 0 Å². The van der Waals surface area contributed by atoms with Gasteiger partial charge >= 0.3 is 0 Å². The number of hydrogen-bond donors (Lipinski definition) is 0. The van der Waals surface area contributed by atoms with E-state index >= 15 is 0 Å². The average molecular weight is 343 g/mol. The van der Waals surface area contributed by atoms with Crippen molar-refractivity contribution in [2.45, 2.75) is 12.7 Å². The minimum absolute atomic E-state index is 0.279.